The minimum Gasteiger partial charge on any atom is -0.444 e. The zero-order chi connectivity index (χ0) is 24.7. The Kier molecular flexibility index (Phi) is 10.2. The molecule has 0 aromatic carbocycles. The number of rotatable bonds is 7. The lowest BCUT2D eigenvalue weighted by Crippen LogP contribution is -2.54. The molecule has 0 aromatic heterocycles. The molecule has 0 saturated carbocycles. The lowest BCUT2D eigenvalue weighted by atomic mass is 9.84. The van der Waals surface area contributed by atoms with Crippen molar-refractivity contribution in [2.75, 3.05) is 19.6 Å². The van der Waals surface area contributed by atoms with E-state index in [1.54, 1.807) is 4.90 Å². The first-order valence-corrected chi connectivity index (χ1v) is 11.8. The standard InChI is InChI=1S/C26H45N3O3/c1-11-14-15-27-20(5)23(22(12-2)26(10,31)13-3)21(6)29-17-16-28(18-19(29)4)24(30)32-25(7,8)9/h12,14-15,19,31H,11,13,16-18H2,1-10H3/b15-14+,22-12+,23-21-,27-20+/t19-,26?/m0/s1. The molecule has 1 rings (SSSR count). The predicted molar refractivity (Wildman–Crippen MR) is 134 cm³/mol. The lowest BCUT2D eigenvalue weighted by molar-refractivity contribution is 0.0100. The largest absolute Gasteiger partial charge is 0.444 e. The van der Waals surface area contributed by atoms with Crippen LogP contribution in [-0.4, -0.2) is 63.6 Å². The number of carbonyl (C=O) groups excluding carboxylic acids is 1. The first kappa shape index (κ1) is 28.0. The maximum absolute atomic E-state index is 12.6. The number of nitrogens with zero attached hydrogens (tertiary/aromatic N) is 3. The van der Waals surface area contributed by atoms with E-state index >= 15 is 0 Å². The summed E-state index contributed by atoms with van der Waals surface area (Å²) < 4.78 is 5.56. The van der Waals surface area contributed by atoms with Gasteiger partial charge in [0.15, 0.2) is 0 Å². The van der Waals surface area contributed by atoms with E-state index in [4.69, 9.17) is 4.74 Å². The van der Waals surface area contributed by atoms with Gasteiger partial charge in [-0.2, -0.15) is 0 Å². The number of amides is 1. The summed E-state index contributed by atoms with van der Waals surface area (Å²) in [5.74, 6) is 0. The first-order valence-electron chi connectivity index (χ1n) is 11.8. The molecule has 182 valence electrons. The van der Waals surface area contributed by atoms with E-state index in [1.807, 2.05) is 66.8 Å². The van der Waals surface area contributed by atoms with Crippen LogP contribution in [0.25, 0.3) is 0 Å². The third-order valence-corrected chi connectivity index (χ3v) is 5.87. The monoisotopic (exact) mass is 447 g/mol. The van der Waals surface area contributed by atoms with Crippen LogP contribution in [0.15, 0.2) is 40.2 Å². The van der Waals surface area contributed by atoms with Crippen LogP contribution in [0.5, 0.6) is 0 Å². The number of aliphatic imine (C=N–C) groups is 1. The summed E-state index contributed by atoms with van der Waals surface area (Å²) in [7, 11) is 0. The van der Waals surface area contributed by atoms with Crippen LogP contribution in [-0.2, 0) is 4.74 Å². The number of ether oxygens (including phenoxy) is 1. The Morgan fingerprint density at radius 2 is 1.81 bits per heavy atom. The Labute approximate surface area is 195 Å². The molecule has 1 fully saturated rings. The average molecular weight is 448 g/mol. The van der Waals surface area contributed by atoms with Gasteiger partial charge in [-0.15, -0.1) is 0 Å². The number of aliphatic hydroxyl groups is 1. The quantitative estimate of drug-likeness (QED) is 0.402. The third-order valence-electron chi connectivity index (χ3n) is 5.87. The van der Waals surface area contributed by atoms with Gasteiger partial charge < -0.3 is 19.6 Å². The fourth-order valence-electron chi connectivity index (χ4n) is 3.99. The van der Waals surface area contributed by atoms with Gasteiger partial charge in [-0.25, -0.2) is 4.79 Å². The summed E-state index contributed by atoms with van der Waals surface area (Å²) >= 11 is 0. The Balaban J connectivity index is 3.35. The van der Waals surface area contributed by atoms with E-state index in [0.717, 1.165) is 29.0 Å². The Morgan fingerprint density at radius 3 is 2.28 bits per heavy atom. The molecule has 1 saturated heterocycles. The number of hydrogen-bond donors (Lipinski definition) is 1. The van der Waals surface area contributed by atoms with Crippen molar-refractivity contribution in [1.82, 2.24) is 9.80 Å². The van der Waals surface area contributed by atoms with Gasteiger partial charge in [0, 0.05) is 48.9 Å². The molecular formula is C26H45N3O3. The van der Waals surface area contributed by atoms with Gasteiger partial charge in [-0.05, 0) is 73.8 Å². The second-order valence-corrected chi connectivity index (χ2v) is 9.77. The molecule has 0 spiro atoms. The zero-order valence-corrected chi connectivity index (χ0v) is 22.0. The van der Waals surface area contributed by atoms with Crippen molar-refractivity contribution in [2.24, 2.45) is 4.99 Å². The van der Waals surface area contributed by atoms with Crippen molar-refractivity contribution < 1.29 is 14.6 Å². The highest BCUT2D eigenvalue weighted by molar-refractivity contribution is 6.03. The van der Waals surface area contributed by atoms with Gasteiger partial charge in [0.1, 0.15) is 5.60 Å². The molecule has 0 radical (unpaired) electrons. The van der Waals surface area contributed by atoms with Crippen molar-refractivity contribution in [2.45, 2.75) is 99.3 Å². The summed E-state index contributed by atoms with van der Waals surface area (Å²) in [6.45, 7) is 21.6. The molecule has 0 aliphatic carbocycles. The second kappa shape index (κ2) is 11.7. The van der Waals surface area contributed by atoms with E-state index < -0.39 is 11.2 Å². The molecule has 6 nitrogen and oxygen atoms in total. The minimum absolute atomic E-state index is 0.106. The van der Waals surface area contributed by atoms with Crippen LogP contribution in [0, 0.1) is 0 Å². The second-order valence-electron chi connectivity index (χ2n) is 9.77. The van der Waals surface area contributed by atoms with E-state index in [0.29, 0.717) is 26.1 Å². The van der Waals surface area contributed by atoms with Crippen molar-refractivity contribution in [3.63, 3.8) is 0 Å². The number of carbonyl (C=O) groups is 1. The van der Waals surface area contributed by atoms with Gasteiger partial charge >= 0.3 is 6.09 Å². The summed E-state index contributed by atoms with van der Waals surface area (Å²) in [6.07, 6.45) is 7.10. The highest BCUT2D eigenvalue weighted by Crippen LogP contribution is 2.32. The SMILES string of the molecule is C\C=C(C(/C(C)=N/C=C/CC)=C(/C)N1CCN(C(=O)OC(C)(C)C)C[C@@H]1C)\C(C)(O)CC. The van der Waals surface area contributed by atoms with E-state index in [-0.39, 0.29) is 12.1 Å². The summed E-state index contributed by atoms with van der Waals surface area (Å²) in [5, 5.41) is 11.1. The van der Waals surface area contributed by atoms with Crippen LogP contribution < -0.4 is 0 Å². The van der Waals surface area contributed by atoms with Crippen molar-refractivity contribution in [3.8, 4) is 0 Å². The fourth-order valence-corrected chi connectivity index (χ4v) is 3.99. The van der Waals surface area contributed by atoms with Crippen LogP contribution in [0.4, 0.5) is 4.79 Å². The summed E-state index contributed by atoms with van der Waals surface area (Å²) in [5.41, 5.74) is 2.32. The van der Waals surface area contributed by atoms with Gasteiger partial charge in [0.25, 0.3) is 0 Å². The smallest absolute Gasteiger partial charge is 0.410 e. The zero-order valence-electron chi connectivity index (χ0n) is 22.0. The molecule has 1 aliphatic heterocycles. The van der Waals surface area contributed by atoms with Gasteiger partial charge in [0.2, 0.25) is 0 Å². The molecule has 0 aromatic rings. The van der Waals surface area contributed by atoms with E-state index in [2.05, 4.69) is 30.7 Å². The molecule has 1 amide bonds. The normalized spacial score (nSPS) is 21.5. The maximum atomic E-state index is 12.6. The average Bonchev–Trinajstić information content (AvgIpc) is 2.69. The van der Waals surface area contributed by atoms with Crippen LogP contribution in [0.2, 0.25) is 0 Å². The van der Waals surface area contributed by atoms with Crippen molar-refractivity contribution in [3.05, 3.63) is 35.2 Å². The molecule has 1 aliphatic rings. The summed E-state index contributed by atoms with van der Waals surface area (Å²) in [6, 6.07) is 0.106. The van der Waals surface area contributed by atoms with Gasteiger partial charge in [-0.1, -0.05) is 26.0 Å². The summed E-state index contributed by atoms with van der Waals surface area (Å²) in [4.78, 5) is 21.3. The Bertz CT molecular complexity index is 770. The maximum Gasteiger partial charge on any atom is 0.410 e. The molecule has 1 unspecified atom stereocenters. The van der Waals surface area contributed by atoms with Crippen molar-refractivity contribution >= 4 is 11.8 Å². The van der Waals surface area contributed by atoms with E-state index in [9.17, 15) is 9.90 Å². The Hall–Kier alpha value is -2.08. The van der Waals surface area contributed by atoms with Gasteiger partial charge in [-0.3, -0.25) is 4.99 Å². The third kappa shape index (κ3) is 7.51. The van der Waals surface area contributed by atoms with Crippen molar-refractivity contribution in [1.29, 1.82) is 0 Å². The molecule has 32 heavy (non-hydrogen) atoms. The Morgan fingerprint density at radius 1 is 1.19 bits per heavy atom. The highest BCUT2D eigenvalue weighted by atomic mass is 16.6. The molecular weight excluding hydrogens is 402 g/mol. The lowest BCUT2D eigenvalue weighted by Gasteiger charge is -2.43. The number of hydrogen-bond acceptors (Lipinski definition) is 5. The fraction of sp³-hybridized carbons (Fsp3) is 0.692. The van der Waals surface area contributed by atoms with Gasteiger partial charge in [0.05, 0.1) is 5.60 Å². The molecule has 1 N–H and O–H groups in total. The van der Waals surface area contributed by atoms with Crippen LogP contribution in [0.3, 0.4) is 0 Å². The highest BCUT2D eigenvalue weighted by Gasteiger charge is 2.33. The number of piperazine rings is 1. The topological polar surface area (TPSA) is 65.4 Å². The first-order chi connectivity index (χ1) is 14.8. The van der Waals surface area contributed by atoms with E-state index in [1.165, 1.54) is 0 Å². The predicted octanol–water partition coefficient (Wildman–Crippen LogP) is 5.69. The van der Waals surface area contributed by atoms with Crippen LogP contribution >= 0.6 is 0 Å². The molecule has 0 bridgehead atoms. The molecule has 2 atom stereocenters. The number of allylic oxidation sites excluding steroid dienone is 3. The van der Waals surface area contributed by atoms with Crippen LogP contribution in [0.1, 0.15) is 82.1 Å². The molecule has 1 heterocycles. The molecule has 6 heteroatoms. The minimum atomic E-state index is -0.960.